The van der Waals surface area contributed by atoms with Gasteiger partial charge >= 0.3 is 0 Å². The topological polar surface area (TPSA) is 42.4 Å². The zero-order valence-electron chi connectivity index (χ0n) is 9.56. The number of aryl methyl sites for hydroxylation is 1. The SMILES string of the molecule is CCOC(CC)C(O)Cc1csc(C)n1. The highest BCUT2D eigenvalue weighted by molar-refractivity contribution is 7.09. The van der Waals surface area contributed by atoms with Gasteiger partial charge in [0.05, 0.1) is 22.9 Å². The van der Waals surface area contributed by atoms with Gasteiger partial charge < -0.3 is 9.84 Å². The number of aliphatic hydroxyl groups excluding tert-OH is 1. The molecule has 1 rings (SSSR count). The quantitative estimate of drug-likeness (QED) is 0.813. The summed E-state index contributed by atoms with van der Waals surface area (Å²) in [4.78, 5) is 4.33. The number of aromatic nitrogens is 1. The third-order valence-electron chi connectivity index (χ3n) is 2.30. The van der Waals surface area contributed by atoms with Gasteiger partial charge in [0.1, 0.15) is 0 Å². The van der Waals surface area contributed by atoms with E-state index in [0.717, 1.165) is 17.1 Å². The largest absolute Gasteiger partial charge is 0.390 e. The van der Waals surface area contributed by atoms with E-state index in [2.05, 4.69) is 4.98 Å². The molecule has 0 saturated carbocycles. The number of ether oxygens (including phenoxy) is 1. The van der Waals surface area contributed by atoms with Crippen LogP contribution in [-0.4, -0.2) is 28.9 Å². The van der Waals surface area contributed by atoms with E-state index in [0.29, 0.717) is 13.0 Å². The van der Waals surface area contributed by atoms with Gasteiger partial charge in [-0.15, -0.1) is 11.3 Å². The molecule has 0 bridgehead atoms. The molecule has 2 atom stereocenters. The molecule has 0 aliphatic carbocycles. The lowest BCUT2D eigenvalue weighted by Gasteiger charge is -2.20. The number of hydrogen-bond donors (Lipinski definition) is 1. The molecule has 0 saturated heterocycles. The molecular weight excluding hydrogens is 210 g/mol. The average molecular weight is 229 g/mol. The standard InChI is InChI=1S/C11H19NO2S/c1-4-11(14-5-2)10(13)6-9-7-15-8(3)12-9/h7,10-11,13H,4-6H2,1-3H3. The van der Waals surface area contributed by atoms with Crippen LogP contribution < -0.4 is 0 Å². The van der Waals surface area contributed by atoms with Crippen LogP contribution in [0.5, 0.6) is 0 Å². The van der Waals surface area contributed by atoms with E-state index in [9.17, 15) is 5.11 Å². The van der Waals surface area contributed by atoms with Gasteiger partial charge in [-0.25, -0.2) is 4.98 Å². The Labute approximate surface area is 95.1 Å². The van der Waals surface area contributed by atoms with Crippen LogP contribution in [0.3, 0.4) is 0 Å². The molecule has 1 aromatic rings. The first-order valence-corrected chi connectivity index (χ1v) is 6.26. The first-order chi connectivity index (χ1) is 7.17. The molecule has 0 spiro atoms. The fourth-order valence-corrected chi connectivity index (χ4v) is 2.19. The molecule has 0 radical (unpaired) electrons. The lowest BCUT2D eigenvalue weighted by molar-refractivity contribution is -0.0337. The molecule has 0 amide bonds. The Morgan fingerprint density at radius 1 is 1.53 bits per heavy atom. The Kier molecular flexibility index (Phi) is 5.22. The third kappa shape index (κ3) is 3.89. The van der Waals surface area contributed by atoms with Crippen LogP contribution in [-0.2, 0) is 11.2 Å². The van der Waals surface area contributed by atoms with Gasteiger partial charge in [0.2, 0.25) is 0 Å². The smallest absolute Gasteiger partial charge is 0.0897 e. The minimum absolute atomic E-state index is 0.0722. The summed E-state index contributed by atoms with van der Waals surface area (Å²) in [6.45, 7) is 6.59. The van der Waals surface area contributed by atoms with Gasteiger partial charge in [0.15, 0.2) is 0 Å². The van der Waals surface area contributed by atoms with Gasteiger partial charge in [0.25, 0.3) is 0 Å². The van der Waals surface area contributed by atoms with E-state index < -0.39 is 6.10 Å². The Hall–Kier alpha value is -0.450. The summed E-state index contributed by atoms with van der Waals surface area (Å²) < 4.78 is 5.46. The van der Waals surface area contributed by atoms with Gasteiger partial charge in [-0.3, -0.25) is 0 Å². The van der Waals surface area contributed by atoms with Crippen molar-refractivity contribution in [3.05, 3.63) is 16.1 Å². The molecule has 0 aliphatic heterocycles. The van der Waals surface area contributed by atoms with E-state index in [4.69, 9.17) is 4.74 Å². The Morgan fingerprint density at radius 2 is 2.27 bits per heavy atom. The lowest BCUT2D eigenvalue weighted by Crippen LogP contribution is -2.30. The molecule has 86 valence electrons. The minimum Gasteiger partial charge on any atom is -0.390 e. The normalized spacial score (nSPS) is 15.2. The highest BCUT2D eigenvalue weighted by Crippen LogP contribution is 2.13. The fourth-order valence-electron chi connectivity index (χ4n) is 1.56. The van der Waals surface area contributed by atoms with Crippen molar-refractivity contribution in [2.24, 2.45) is 0 Å². The van der Waals surface area contributed by atoms with Crippen molar-refractivity contribution in [3.8, 4) is 0 Å². The highest BCUT2D eigenvalue weighted by atomic mass is 32.1. The molecule has 1 N–H and O–H groups in total. The first kappa shape index (κ1) is 12.6. The Balaban J connectivity index is 2.49. The van der Waals surface area contributed by atoms with E-state index in [-0.39, 0.29) is 6.10 Å². The van der Waals surface area contributed by atoms with Crippen molar-refractivity contribution in [2.45, 2.75) is 45.8 Å². The van der Waals surface area contributed by atoms with Crippen LogP contribution in [0.2, 0.25) is 0 Å². The van der Waals surface area contributed by atoms with Crippen molar-refractivity contribution in [1.82, 2.24) is 4.98 Å². The summed E-state index contributed by atoms with van der Waals surface area (Å²) in [6, 6.07) is 0. The molecule has 2 unspecified atom stereocenters. The van der Waals surface area contributed by atoms with E-state index >= 15 is 0 Å². The number of rotatable bonds is 6. The summed E-state index contributed by atoms with van der Waals surface area (Å²) in [6.07, 6.45) is 0.898. The monoisotopic (exact) mass is 229 g/mol. The van der Waals surface area contributed by atoms with Crippen LogP contribution in [0.25, 0.3) is 0 Å². The maximum Gasteiger partial charge on any atom is 0.0897 e. The average Bonchev–Trinajstić information content (AvgIpc) is 2.60. The first-order valence-electron chi connectivity index (χ1n) is 5.38. The lowest BCUT2D eigenvalue weighted by atomic mass is 10.1. The Morgan fingerprint density at radius 3 is 2.73 bits per heavy atom. The summed E-state index contributed by atoms with van der Waals surface area (Å²) in [5.41, 5.74) is 0.961. The molecule has 1 heterocycles. The predicted molar refractivity (Wildman–Crippen MR) is 62.3 cm³/mol. The van der Waals surface area contributed by atoms with E-state index in [1.54, 1.807) is 11.3 Å². The predicted octanol–water partition coefficient (Wildman–Crippen LogP) is 2.17. The molecule has 3 nitrogen and oxygen atoms in total. The van der Waals surface area contributed by atoms with Gasteiger partial charge in [-0.2, -0.15) is 0 Å². The zero-order valence-corrected chi connectivity index (χ0v) is 10.4. The second-order valence-electron chi connectivity index (χ2n) is 3.53. The fraction of sp³-hybridized carbons (Fsp3) is 0.727. The molecule has 15 heavy (non-hydrogen) atoms. The van der Waals surface area contributed by atoms with Gasteiger partial charge in [0, 0.05) is 18.4 Å². The van der Waals surface area contributed by atoms with Crippen LogP contribution in [0.4, 0.5) is 0 Å². The highest BCUT2D eigenvalue weighted by Gasteiger charge is 2.18. The van der Waals surface area contributed by atoms with Crippen molar-refractivity contribution >= 4 is 11.3 Å². The van der Waals surface area contributed by atoms with Crippen molar-refractivity contribution in [2.75, 3.05) is 6.61 Å². The maximum atomic E-state index is 9.94. The molecule has 0 aromatic carbocycles. The van der Waals surface area contributed by atoms with Crippen LogP contribution in [0.1, 0.15) is 31.0 Å². The summed E-state index contributed by atoms with van der Waals surface area (Å²) in [5.74, 6) is 0. The number of hydrogen-bond acceptors (Lipinski definition) is 4. The zero-order chi connectivity index (χ0) is 11.3. The third-order valence-corrected chi connectivity index (χ3v) is 3.12. The molecular formula is C11H19NO2S. The second kappa shape index (κ2) is 6.20. The van der Waals surface area contributed by atoms with Crippen molar-refractivity contribution < 1.29 is 9.84 Å². The van der Waals surface area contributed by atoms with Crippen molar-refractivity contribution in [3.63, 3.8) is 0 Å². The summed E-state index contributed by atoms with van der Waals surface area (Å²) in [7, 11) is 0. The second-order valence-corrected chi connectivity index (χ2v) is 4.59. The van der Waals surface area contributed by atoms with Crippen LogP contribution >= 0.6 is 11.3 Å². The van der Waals surface area contributed by atoms with E-state index in [1.165, 1.54) is 0 Å². The van der Waals surface area contributed by atoms with Crippen LogP contribution in [0.15, 0.2) is 5.38 Å². The minimum atomic E-state index is -0.448. The molecule has 1 aromatic heterocycles. The Bertz CT molecular complexity index is 288. The number of nitrogens with zero attached hydrogens (tertiary/aromatic N) is 1. The maximum absolute atomic E-state index is 9.94. The van der Waals surface area contributed by atoms with Gasteiger partial charge in [-0.05, 0) is 20.3 Å². The number of thiazole rings is 1. The van der Waals surface area contributed by atoms with Crippen molar-refractivity contribution in [1.29, 1.82) is 0 Å². The molecule has 4 heteroatoms. The summed E-state index contributed by atoms with van der Waals surface area (Å²) in [5, 5.41) is 13.0. The molecule has 0 aliphatic rings. The molecule has 0 fully saturated rings. The summed E-state index contributed by atoms with van der Waals surface area (Å²) >= 11 is 1.62. The van der Waals surface area contributed by atoms with Gasteiger partial charge in [-0.1, -0.05) is 6.92 Å². The van der Waals surface area contributed by atoms with Crippen LogP contribution in [0, 0.1) is 6.92 Å². The van der Waals surface area contributed by atoms with E-state index in [1.807, 2.05) is 26.2 Å². The number of aliphatic hydroxyl groups is 1.